The van der Waals surface area contributed by atoms with Gasteiger partial charge in [-0.2, -0.15) is 0 Å². The van der Waals surface area contributed by atoms with E-state index in [1.54, 1.807) is 0 Å². The predicted molar refractivity (Wildman–Crippen MR) is 130 cm³/mol. The van der Waals surface area contributed by atoms with E-state index in [-0.39, 0.29) is 0 Å². The van der Waals surface area contributed by atoms with Gasteiger partial charge in [-0.15, -0.1) is 0 Å². The molecule has 0 aliphatic carbocycles. The van der Waals surface area contributed by atoms with Crippen molar-refractivity contribution in [3.63, 3.8) is 0 Å². The monoisotopic (exact) mass is 411 g/mol. The van der Waals surface area contributed by atoms with Crippen molar-refractivity contribution < 1.29 is 4.57 Å². The summed E-state index contributed by atoms with van der Waals surface area (Å²) < 4.78 is 4.87. The molecule has 0 N–H and O–H groups in total. The number of benzene rings is 1. The number of imidazole rings is 1. The van der Waals surface area contributed by atoms with E-state index in [1.165, 1.54) is 108 Å². The first kappa shape index (κ1) is 24.7. The second kappa shape index (κ2) is 16.2. The number of nitrogens with zero attached hydrogens (tertiary/aromatic N) is 2. The molecule has 2 aromatic rings. The Kier molecular flexibility index (Phi) is 13.3. The van der Waals surface area contributed by atoms with Crippen molar-refractivity contribution in [2.24, 2.45) is 0 Å². The molecule has 0 aliphatic heterocycles. The Bertz CT molecular complexity index is 644. The maximum absolute atomic E-state index is 2.45. The zero-order valence-electron chi connectivity index (χ0n) is 20.0. The molecule has 0 spiro atoms. The highest BCUT2D eigenvalue weighted by Gasteiger charge is 2.11. The minimum Gasteiger partial charge on any atom is -0.234 e. The molecule has 1 aromatic carbocycles. The molecular weight excluding hydrogens is 364 g/mol. The Morgan fingerprint density at radius 3 is 1.87 bits per heavy atom. The zero-order valence-corrected chi connectivity index (χ0v) is 20.0. The lowest BCUT2D eigenvalue weighted by Crippen LogP contribution is -2.35. The van der Waals surface area contributed by atoms with Crippen LogP contribution in [0.4, 0.5) is 0 Å². The topological polar surface area (TPSA) is 8.81 Å². The lowest BCUT2D eigenvalue weighted by molar-refractivity contribution is -0.702. The highest BCUT2D eigenvalue weighted by atomic mass is 15.1. The minimum absolute atomic E-state index is 1.12. The average Bonchev–Trinajstić information content (AvgIpc) is 3.12. The van der Waals surface area contributed by atoms with E-state index in [0.29, 0.717) is 0 Å². The van der Waals surface area contributed by atoms with E-state index in [2.05, 4.69) is 65.7 Å². The lowest BCUT2D eigenvalue weighted by Gasteiger charge is -2.04. The van der Waals surface area contributed by atoms with Crippen LogP contribution in [0.5, 0.6) is 0 Å². The van der Waals surface area contributed by atoms with Crippen molar-refractivity contribution in [3.8, 4) is 0 Å². The summed E-state index contributed by atoms with van der Waals surface area (Å²) in [5.41, 5.74) is 1.45. The molecule has 0 saturated heterocycles. The van der Waals surface area contributed by atoms with Crippen LogP contribution in [0.15, 0.2) is 42.7 Å². The molecule has 1 aromatic heterocycles. The van der Waals surface area contributed by atoms with Crippen molar-refractivity contribution in [2.45, 2.75) is 123 Å². The molecule has 0 amide bonds. The average molecular weight is 412 g/mol. The molecule has 168 valence electrons. The maximum Gasteiger partial charge on any atom is 0.253 e. The number of unbranched alkanes of at least 4 members (excludes halogenated alkanes) is 12. The van der Waals surface area contributed by atoms with Gasteiger partial charge in [-0.3, -0.25) is 0 Å². The Labute approximate surface area is 186 Å². The molecule has 2 rings (SSSR count). The van der Waals surface area contributed by atoms with Gasteiger partial charge in [0.1, 0.15) is 12.4 Å². The SMILES string of the molecule is CCCCCCCCCCCCCCCn1cc[n+](CCCc2ccccc2)c1C. The molecule has 1 heterocycles. The Morgan fingerprint density at radius 2 is 1.27 bits per heavy atom. The second-order valence-corrected chi connectivity index (χ2v) is 9.06. The van der Waals surface area contributed by atoms with Crippen LogP contribution in [0.1, 0.15) is 108 Å². The predicted octanol–water partition coefficient (Wildman–Crippen LogP) is 7.81. The van der Waals surface area contributed by atoms with Gasteiger partial charge in [0, 0.05) is 6.92 Å². The van der Waals surface area contributed by atoms with E-state index in [1.807, 2.05) is 0 Å². The highest BCUT2D eigenvalue weighted by molar-refractivity contribution is 5.14. The van der Waals surface area contributed by atoms with Gasteiger partial charge in [0.25, 0.3) is 5.82 Å². The van der Waals surface area contributed by atoms with E-state index in [4.69, 9.17) is 0 Å². The quantitative estimate of drug-likeness (QED) is 0.175. The first-order chi connectivity index (χ1) is 14.8. The van der Waals surface area contributed by atoms with Crippen LogP contribution in [0.25, 0.3) is 0 Å². The smallest absolute Gasteiger partial charge is 0.234 e. The van der Waals surface area contributed by atoms with Gasteiger partial charge in [0.2, 0.25) is 0 Å². The third-order valence-electron chi connectivity index (χ3n) is 6.47. The first-order valence-corrected chi connectivity index (χ1v) is 12.9. The summed E-state index contributed by atoms with van der Waals surface area (Å²) in [7, 11) is 0. The third kappa shape index (κ3) is 10.5. The van der Waals surface area contributed by atoms with Crippen molar-refractivity contribution in [2.75, 3.05) is 0 Å². The standard InChI is InChI=1S/C28H47N2/c1-3-4-5-6-7-8-9-10-11-12-13-14-18-23-29-25-26-30(27(29)2)24-19-22-28-20-16-15-17-21-28/h15-17,20-21,25-26H,3-14,18-19,22-24H2,1-2H3/q+1. The molecular formula is C28H47N2+. The van der Waals surface area contributed by atoms with Crippen LogP contribution in [-0.2, 0) is 19.5 Å². The fourth-order valence-electron chi connectivity index (χ4n) is 4.41. The molecule has 0 unspecified atom stereocenters. The number of aryl methyl sites for hydroxylation is 3. The van der Waals surface area contributed by atoms with Crippen LogP contribution >= 0.6 is 0 Å². The summed E-state index contributed by atoms with van der Waals surface area (Å²) in [5.74, 6) is 1.40. The number of hydrogen-bond donors (Lipinski definition) is 0. The highest BCUT2D eigenvalue weighted by Crippen LogP contribution is 2.13. The van der Waals surface area contributed by atoms with E-state index >= 15 is 0 Å². The number of hydrogen-bond acceptors (Lipinski definition) is 0. The van der Waals surface area contributed by atoms with Gasteiger partial charge in [-0.1, -0.05) is 108 Å². The molecule has 0 saturated carbocycles. The molecule has 0 atom stereocenters. The molecule has 30 heavy (non-hydrogen) atoms. The van der Waals surface area contributed by atoms with E-state index in [9.17, 15) is 0 Å². The molecule has 0 aliphatic rings. The van der Waals surface area contributed by atoms with Crippen LogP contribution in [0.3, 0.4) is 0 Å². The fourth-order valence-corrected chi connectivity index (χ4v) is 4.41. The van der Waals surface area contributed by atoms with Gasteiger partial charge in [0.15, 0.2) is 0 Å². The van der Waals surface area contributed by atoms with Crippen molar-refractivity contribution in [3.05, 3.63) is 54.1 Å². The van der Waals surface area contributed by atoms with Crippen molar-refractivity contribution in [1.82, 2.24) is 4.57 Å². The van der Waals surface area contributed by atoms with E-state index < -0.39 is 0 Å². The van der Waals surface area contributed by atoms with Gasteiger partial charge in [-0.25, -0.2) is 9.13 Å². The molecule has 0 fully saturated rings. The summed E-state index contributed by atoms with van der Waals surface area (Å²) in [6.45, 7) is 6.86. The van der Waals surface area contributed by atoms with Gasteiger partial charge in [0.05, 0.1) is 13.1 Å². The first-order valence-electron chi connectivity index (χ1n) is 12.9. The summed E-state index contributed by atoms with van der Waals surface area (Å²) in [5, 5.41) is 0. The number of rotatable bonds is 18. The third-order valence-corrected chi connectivity index (χ3v) is 6.47. The molecule has 0 bridgehead atoms. The van der Waals surface area contributed by atoms with Gasteiger partial charge < -0.3 is 0 Å². The second-order valence-electron chi connectivity index (χ2n) is 9.06. The molecule has 0 radical (unpaired) electrons. The molecule has 2 heteroatoms. The zero-order chi connectivity index (χ0) is 21.3. The van der Waals surface area contributed by atoms with Crippen molar-refractivity contribution in [1.29, 1.82) is 0 Å². The van der Waals surface area contributed by atoms with Crippen LogP contribution in [-0.4, -0.2) is 4.57 Å². The number of aromatic nitrogens is 2. The normalized spacial score (nSPS) is 11.3. The Hall–Kier alpha value is -1.57. The Balaban J connectivity index is 1.46. The molecule has 2 nitrogen and oxygen atoms in total. The largest absolute Gasteiger partial charge is 0.253 e. The van der Waals surface area contributed by atoms with Crippen LogP contribution in [0, 0.1) is 6.92 Å². The van der Waals surface area contributed by atoms with Gasteiger partial charge >= 0.3 is 0 Å². The summed E-state index contributed by atoms with van der Waals surface area (Å²) >= 11 is 0. The Morgan fingerprint density at radius 1 is 0.700 bits per heavy atom. The summed E-state index contributed by atoms with van der Waals surface area (Å²) in [4.78, 5) is 0. The summed E-state index contributed by atoms with van der Waals surface area (Å²) in [6, 6.07) is 10.8. The fraction of sp³-hybridized carbons (Fsp3) is 0.679. The van der Waals surface area contributed by atoms with Crippen LogP contribution < -0.4 is 4.57 Å². The maximum atomic E-state index is 2.45. The van der Waals surface area contributed by atoms with Gasteiger partial charge in [-0.05, 0) is 31.2 Å². The minimum atomic E-state index is 1.12. The van der Waals surface area contributed by atoms with Crippen molar-refractivity contribution >= 4 is 0 Å². The van der Waals surface area contributed by atoms with Crippen LogP contribution in [0.2, 0.25) is 0 Å². The lowest BCUT2D eigenvalue weighted by atomic mass is 10.0. The van der Waals surface area contributed by atoms with E-state index in [0.717, 1.165) is 13.0 Å². The summed E-state index contributed by atoms with van der Waals surface area (Å²) in [6.07, 6.45) is 25.4.